The number of nitrogens with one attached hydrogen (secondary N) is 1. The molecule has 1 N–H and O–H groups in total. The summed E-state index contributed by atoms with van der Waals surface area (Å²) >= 11 is 0. The lowest BCUT2D eigenvalue weighted by atomic mass is 10.1. The number of hydrogen-bond donors (Lipinski definition) is 1. The smallest absolute Gasteiger partial charge is 0.331 e. The molecule has 1 aromatic heterocycles. The Labute approximate surface area is 153 Å². The monoisotopic (exact) mass is 359 g/mol. The molecule has 142 valence electrons. The van der Waals surface area contributed by atoms with Crippen LogP contribution in [0.5, 0.6) is 0 Å². The third-order valence-corrected chi connectivity index (χ3v) is 4.18. The summed E-state index contributed by atoms with van der Waals surface area (Å²) < 4.78 is 2.67. The Hall–Kier alpha value is -2.37. The van der Waals surface area contributed by atoms with Crippen LogP contribution in [0, 0.1) is 0 Å². The maximum Gasteiger partial charge on any atom is 0.331 e. The second-order valence-corrected chi connectivity index (χ2v) is 7.70. The van der Waals surface area contributed by atoms with Crippen LogP contribution in [-0.2, 0) is 17.9 Å². The molecule has 1 amide bonds. The molecule has 0 saturated carbocycles. The quantitative estimate of drug-likeness (QED) is 0.773. The summed E-state index contributed by atoms with van der Waals surface area (Å²) in [6.45, 7) is 7.99. The summed E-state index contributed by atoms with van der Waals surface area (Å²) in [5, 5.41) is 3.27. The number of fused-ring (bicyclic) bond motifs is 1. The normalized spacial score (nSPS) is 11.7. The van der Waals surface area contributed by atoms with Crippen molar-refractivity contribution in [1.82, 2.24) is 14.5 Å². The number of nitrogens with zero attached hydrogens (tertiary/aromatic N) is 2. The summed E-state index contributed by atoms with van der Waals surface area (Å²) in [6.07, 6.45) is 4.12. The van der Waals surface area contributed by atoms with Crippen molar-refractivity contribution in [1.29, 1.82) is 0 Å². The maximum atomic E-state index is 12.9. The first-order valence-corrected chi connectivity index (χ1v) is 9.28. The van der Waals surface area contributed by atoms with Gasteiger partial charge in [0.1, 0.15) is 6.54 Å². The third-order valence-electron chi connectivity index (χ3n) is 4.18. The van der Waals surface area contributed by atoms with Gasteiger partial charge in [-0.05, 0) is 39.3 Å². The average Bonchev–Trinajstić information content (AvgIpc) is 2.56. The highest BCUT2D eigenvalue weighted by Crippen LogP contribution is 2.10. The fourth-order valence-electron chi connectivity index (χ4n) is 3.02. The highest BCUT2D eigenvalue weighted by Gasteiger charge is 2.18. The number of para-hydroxylation sites is 1. The van der Waals surface area contributed by atoms with Gasteiger partial charge in [-0.25, -0.2) is 4.79 Å². The minimum Gasteiger partial charge on any atom is -0.350 e. The van der Waals surface area contributed by atoms with E-state index in [2.05, 4.69) is 12.2 Å². The highest BCUT2D eigenvalue weighted by atomic mass is 16.2. The van der Waals surface area contributed by atoms with E-state index in [1.165, 1.54) is 0 Å². The Bertz CT molecular complexity index is 888. The zero-order valence-electron chi connectivity index (χ0n) is 16.2. The van der Waals surface area contributed by atoms with E-state index in [9.17, 15) is 14.4 Å². The molecule has 2 aromatic rings. The van der Waals surface area contributed by atoms with Gasteiger partial charge in [-0.1, -0.05) is 38.3 Å². The molecule has 0 spiro atoms. The molecule has 0 bridgehead atoms. The van der Waals surface area contributed by atoms with E-state index in [0.717, 1.165) is 30.3 Å². The van der Waals surface area contributed by atoms with Gasteiger partial charge in [0, 0.05) is 12.1 Å². The first kappa shape index (κ1) is 19.9. The van der Waals surface area contributed by atoms with Gasteiger partial charge in [0.15, 0.2) is 0 Å². The molecule has 6 nitrogen and oxygen atoms in total. The molecule has 1 aromatic carbocycles. The SMILES string of the molecule is CCCCCCn1c(=O)n(CC(=O)NC(C)(C)C)c(=O)c2ccccc21. The van der Waals surface area contributed by atoms with Gasteiger partial charge < -0.3 is 5.32 Å². The van der Waals surface area contributed by atoms with Crippen molar-refractivity contribution in [3.05, 3.63) is 45.1 Å². The predicted octanol–water partition coefficient (Wildman–Crippen LogP) is 2.66. The predicted molar refractivity (Wildman–Crippen MR) is 105 cm³/mol. The molecule has 6 heteroatoms. The van der Waals surface area contributed by atoms with E-state index in [1.807, 2.05) is 26.8 Å². The molecule has 0 unspecified atom stereocenters. The largest absolute Gasteiger partial charge is 0.350 e. The summed E-state index contributed by atoms with van der Waals surface area (Å²) in [5.41, 5.74) is -0.628. The Morgan fingerprint density at radius 3 is 2.38 bits per heavy atom. The second kappa shape index (κ2) is 8.34. The summed E-state index contributed by atoms with van der Waals surface area (Å²) in [5.74, 6) is -0.343. The molecule has 0 aliphatic rings. The molecule has 2 rings (SSSR count). The zero-order chi connectivity index (χ0) is 19.3. The van der Waals surface area contributed by atoms with Crippen molar-refractivity contribution >= 4 is 16.8 Å². The van der Waals surface area contributed by atoms with Crippen molar-refractivity contribution in [3.63, 3.8) is 0 Å². The van der Waals surface area contributed by atoms with Gasteiger partial charge in [-0.15, -0.1) is 0 Å². The van der Waals surface area contributed by atoms with Gasteiger partial charge >= 0.3 is 5.69 Å². The van der Waals surface area contributed by atoms with E-state index in [0.29, 0.717) is 17.4 Å². The molecule has 0 saturated heterocycles. The van der Waals surface area contributed by atoms with Crippen LogP contribution in [0.1, 0.15) is 53.4 Å². The zero-order valence-corrected chi connectivity index (χ0v) is 16.2. The molecule has 0 atom stereocenters. The van der Waals surface area contributed by atoms with Gasteiger partial charge in [-0.3, -0.25) is 18.7 Å². The maximum absolute atomic E-state index is 12.9. The number of unbranched alkanes of at least 4 members (excludes halogenated alkanes) is 3. The number of carbonyl (C=O) groups excluding carboxylic acids is 1. The number of carbonyl (C=O) groups is 1. The minimum absolute atomic E-state index is 0.269. The number of benzene rings is 1. The van der Waals surface area contributed by atoms with Gasteiger partial charge in [0.25, 0.3) is 5.56 Å². The number of rotatable bonds is 7. The summed E-state index contributed by atoms with van der Waals surface area (Å²) in [4.78, 5) is 37.9. The van der Waals surface area contributed by atoms with Crippen LogP contribution in [0.25, 0.3) is 10.9 Å². The number of amides is 1. The van der Waals surface area contributed by atoms with Crippen molar-refractivity contribution in [2.45, 2.75) is 72.0 Å². The van der Waals surface area contributed by atoms with E-state index in [-0.39, 0.29) is 12.5 Å². The number of aryl methyl sites for hydroxylation is 1. The highest BCUT2D eigenvalue weighted by molar-refractivity contribution is 5.79. The van der Waals surface area contributed by atoms with Gasteiger partial charge in [-0.2, -0.15) is 0 Å². The first-order chi connectivity index (χ1) is 12.2. The van der Waals surface area contributed by atoms with Gasteiger partial charge in [0.2, 0.25) is 5.91 Å². The Morgan fingerprint density at radius 2 is 1.73 bits per heavy atom. The Balaban J connectivity index is 2.45. The topological polar surface area (TPSA) is 73.1 Å². The average molecular weight is 359 g/mol. The van der Waals surface area contributed by atoms with E-state index < -0.39 is 16.8 Å². The molecule has 0 aliphatic heterocycles. The van der Waals surface area contributed by atoms with Crippen molar-refractivity contribution in [3.8, 4) is 0 Å². The minimum atomic E-state index is -0.422. The molecule has 1 heterocycles. The summed E-state index contributed by atoms with van der Waals surface area (Å²) in [6, 6.07) is 7.09. The molecule has 0 aliphatic carbocycles. The Morgan fingerprint density at radius 1 is 1.04 bits per heavy atom. The fraction of sp³-hybridized carbons (Fsp3) is 0.550. The first-order valence-electron chi connectivity index (χ1n) is 9.28. The van der Waals surface area contributed by atoms with Crippen molar-refractivity contribution in [2.24, 2.45) is 0 Å². The van der Waals surface area contributed by atoms with Gasteiger partial charge in [0.05, 0.1) is 10.9 Å². The van der Waals surface area contributed by atoms with Crippen molar-refractivity contribution < 1.29 is 4.79 Å². The van der Waals surface area contributed by atoms with Crippen molar-refractivity contribution in [2.75, 3.05) is 0 Å². The lowest BCUT2D eigenvalue weighted by Crippen LogP contribution is -2.47. The van der Waals surface area contributed by atoms with Crippen LogP contribution >= 0.6 is 0 Å². The number of hydrogen-bond acceptors (Lipinski definition) is 3. The molecular weight excluding hydrogens is 330 g/mol. The van der Waals surface area contributed by atoms with E-state index in [4.69, 9.17) is 0 Å². The van der Waals surface area contributed by atoms with Crippen LogP contribution in [0.4, 0.5) is 0 Å². The summed E-state index contributed by atoms with van der Waals surface area (Å²) in [7, 11) is 0. The van der Waals surface area contributed by atoms with Crippen LogP contribution in [-0.4, -0.2) is 20.6 Å². The van der Waals surface area contributed by atoms with E-state index >= 15 is 0 Å². The van der Waals surface area contributed by atoms with E-state index in [1.54, 1.807) is 22.8 Å². The number of aromatic nitrogens is 2. The lowest BCUT2D eigenvalue weighted by Gasteiger charge is -2.21. The lowest BCUT2D eigenvalue weighted by molar-refractivity contribution is -0.123. The standard InChI is InChI=1S/C20H29N3O3/c1-5-6-7-10-13-22-16-12-9-8-11-15(16)18(25)23(19(22)26)14-17(24)21-20(2,3)4/h8-9,11-12H,5-7,10,13-14H2,1-4H3,(H,21,24). The van der Waals surface area contributed by atoms with Crippen LogP contribution in [0.2, 0.25) is 0 Å². The molecule has 26 heavy (non-hydrogen) atoms. The second-order valence-electron chi connectivity index (χ2n) is 7.70. The third kappa shape index (κ3) is 4.84. The van der Waals surface area contributed by atoms with Crippen LogP contribution < -0.4 is 16.6 Å². The fourth-order valence-corrected chi connectivity index (χ4v) is 3.02. The molecule has 0 radical (unpaired) electrons. The van der Waals surface area contributed by atoms with Crippen LogP contribution in [0.3, 0.4) is 0 Å². The Kier molecular flexibility index (Phi) is 6.40. The molecular formula is C20H29N3O3. The molecule has 0 fully saturated rings. The van der Waals surface area contributed by atoms with Crippen LogP contribution in [0.15, 0.2) is 33.9 Å².